The molecule has 3 heterocycles. The predicted molar refractivity (Wildman–Crippen MR) is 59.9 cm³/mol. The van der Waals surface area contributed by atoms with Gasteiger partial charge in [-0.1, -0.05) is 6.07 Å². The van der Waals surface area contributed by atoms with Gasteiger partial charge >= 0.3 is 0 Å². The molecule has 0 N–H and O–H groups in total. The first-order valence-corrected chi connectivity index (χ1v) is 5.56. The number of alkyl halides is 1. The van der Waals surface area contributed by atoms with Gasteiger partial charge in [-0.25, -0.2) is 4.98 Å². The van der Waals surface area contributed by atoms with Crippen LogP contribution in [0.3, 0.4) is 0 Å². The number of aromatic nitrogens is 2. The van der Waals surface area contributed by atoms with E-state index in [4.69, 9.17) is 0 Å². The molecule has 0 aliphatic carbocycles. The fourth-order valence-corrected chi connectivity index (χ4v) is 2.20. The number of likely N-dealkylation sites (tertiary alicyclic amines) is 1. The Morgan fingerprint density at radius 1 is 1.38 bits per heavy atom. The molecule has 0 unspecified atom stereocenters. The van der Waals surface area contributed by atoms with Gasteiger partial charge in [-0.15, -0.1) is 0 Å². The summed E-state index contributed by atoms with van der Waals surface area (Å²) in [5.41, 5.74) is 2.03. The zero-order valence-corrected chi connectivity index (χ0v) is 9.01. The summed E-state index contributed by atoms with van der Waals surface area (Å²) in [6.07, 6.45) is 4.03. The van der Waals surface area contributed by atoms with Crippen LogP contribution in [0.5, 0.6) is 0 Å². The molecule has 1 saturated heterocycles. The van der Waals surface area contributed by atoms with Crippen LogP contribution >= 0.6 is 0 Å². The minimum atomic E-state index is -0.193. The summed E-state index contributed by atoms with van der Waals surface area (Å²) in [6, 6.07) is 5.96. The quantitative estimate of drug-likeness (QED) is 0.783. The molecule has 84 valence electrons. The van der Waals surface area contributed by atoms with E-state index in [1.807, 2.05) is 35.0 Å². The second-order valence-corrected chi connectivity index (χ2v) is 4.41. The van der Waals surface area contributed by atoms with E-state index in [2.05, 4.69) is 9.88 Å². The van der Waals surface area contributed by atoms with E-state index in [1.165, 1.54) is 0 Å². The van der Waals surface area contributed by atoms with Gasteiger partial charge in [0.05, 0.1) is 12.4 Å². The SMILES string of the molecule is FCC1CN(Cc2cn3ccccc3n2)C1. The van der Waals surface area contributed by atoms with E-state index in [0.717, 1.165) is 31.0 Å². The highest BCUT2D eigenvalue weighted by atomic mass is 19.1. The zero-order valence-electron chi connectivity index (χ0n) is 9.01. The average molecular weight is 219 g/mol. The van der Waals surface area contributed by atoms with Crippen LogP contribution in [0.2, 0.25) is 0 Å². The Labute approximate surface area is 93.5 Å². The maximum absolute atomic E-state index is 12.3. The first-order chi connectivity index (χ1) is 7.85. The molecule has 3 rings (SSSR count). The second kappa shape index (κ2) is 3.87. The van der Waals surface area contributed by atoms with Gasteiger partial charge in [0, 0.05) is 37.9 Å². The molecule has 1 fully saturated rings. The lowest BCUT2D eigenvalue weighted by Crippen LogP contribution is -2.46. The van der Waals surface area contributed by atoms with E-state index in [-0.39, 0.29) is 12.6 Å². The standard InChI is InChI=1S/C12H14FN3/c13-5-10-6-15(7-10)8-11-9-16-4-2-1-3-12(16)14-11/h1-4,9-10H,5-8H2. The molecular formula is C12H14FN3. The average Bonchev–Trinajstić information content (AvgIpc) is 2.65. The first kappa shape index (κ1) is 9.78. The summed E-state index contributed by atoms with van der Waals surface area (Å²) in [5, 5.41) is 0. The van der Waals surface area contributed by atoms with Crippen LogP contribution in [-0.2, 0) is 6.54 Å². The molecule has 0 saturated carbocycles. The summed E-state index contributed by atoms with van der Waals surface area (Å²) < 4.78 is 14.3. The Hall–Kier alpha value is -1.42. The van der Waals surface area contributed by atoms with Crippen molar-refractivity contribution < 1.29 is 4.39 Å². The van der Waals surface area contributed by atoms with Crippen molar-refractivity contribution in [3.8, 4) is 0 Å². The van der Waals surface area contributed by atoms with Gasteiger partial charge in [-0.2, -0.15) is 0 Å². The molecule has 0 aromatic carbocycles. The minimum Gasteiger partial charge on any atom is -0.307 e. The van der Waals surface area contributed by atoms with Gasteiger partial charge in [0.1, 0.15) is 5.65 Å². The maximum Gasteiger partial charge on any atom is 0.137 e. The molecule has 16 heavy (non-hydrogen) atoms. The molecule has 0 radical (unpaired) electrons. The fourth-order valence-electron chi connectivity index (χ4n) is 2.20. The van der Waals surface area contributed by atoms with Gasteiger partial charge in [0.15, 0.2) is 0 Å². The number of imidazole rings is 1. The molecular weight excluding hydrogens is 205 g/mol. The smallest absolute Gasteiger partial charge is 0.137 e. The number of pyridine rings is 1. The van der Waals surface area contributed by atoms with E-state index in [9.17, 15) is 4.39 Å². The van der Waals surface area contributed by atoms with Crippen molar-refractivity contribution in [1.82, 2.24) is 14.3 Å². The summed E-state index contributed by atoms with van der Waals surface area (Å²) in [4.78, 5) is 6.74. The Bertz CT molecular complexity index is 455. The number of hydrogen-bond acceptors (Lipinski definition) is 2. The first-order valence-electron chi connectivity index (χ1n) is 5.56. The molecule has 2 aromatic heterocycles. The van der Waals surface area contributed by atoms with E-state index >= 15 is 0 Å². The Morgan fingerprint density at radius 2 is 2.25 bits per heavy atom. The number of halogens is 1. The van der Waals surface area contributed by atoms with E-state index in [0.29, 0.717) is 0 Å². The summed E-state index contributed by atoms with van der Waals surface area (Å²) in [7, 11) is 0. The molecule has 0 spiro atoms. The lowest BCUT2D eigenvalue weighted by molar-refractivity contribution is 0.0727. The Kier molecular flexibility index (Phi) is 2.36. The topological polar surface area (TPSA) is 20.5 Å². The normalized spacial score (nSPS) is 17.8. The second-order valence-electron chi connectivity index (χ2n) is 4.41. The molecule has 1 aliphatic heterocycles. The Balaban J connectivity index is 1.71. The predicted octanol–water partition coefficient (Wildman–Crippen LogP) is 1.74. The van der Waals surface area contributed by atoms with Gasteiger partial charge in [0.2, 0.25) is 0 Å². The highest BCUT2D eigenvalue weighted by molar-refractivity contribution is 5.39. The van der Waals surface area contributed by atoms with Crippen LogP contribution in [0.25, 0.3) is 5.65 Å². The van der Waals surface area contributed by atoms with Crippen LogP contribution in [0.4, 0.5) is 4.39 Å². The monoisotopic (exact) mass is 219 g/mol. The van der Waals surface area contributed by atoms with Crippen molar-refractivity contribution in [2.45, 2.75) is 6.54 Å². The van der Waals surface area contributed by atoms with Crippen molar-refractivity contribution in [3.63, 3.8) is 0 Å². The van der Waals surface area contributed by atoms with Gasteiger partial charge in [-0.05, 0) is 12.1 Å². The number of rotatable bonds is 3. The summed E-state index contributed by atoms with van der Waals surface area (Å²) in [6.45, 7) is 2.37. The zero-order chi connectivity index (χ0) is 11.0. The highest BCUT2D eigenvalue weighted by Gasteiger charge is 2.26. The van der Waals surface area contributed by atoms with Gasteiger partial charge in [-0.3, -0.25) is 9.29 Å². The fraction of sp³-hybridized carbons (Fsp3) is 0.417. The van der Waals surface area contributed by atoms with Crippen molar-refractivity contribution in [3.05, 3.63) is 36.3 Å². The largest absolute Gasteiger partial charge is 0.307 e. The molecule has 0 atom stereocenters. The van der Waals surface area contributed by atoms with Crippen LogP contribution in [0.15, 0.2) is 30.6 Å². The van der Waals surface area contributed by atoms with E-state index < -0.39 is 0 Å². The number of hydrogen-bond donors (Lipinski definition) is 0. The van der Waals surface area contributed by atoms with Crippen LogP contribution < -0.4 is 0 Å². The summed E-state index contributed by atoms with van der Waals surface area (Å²) >= 11 is 0. The third-order valence-electron chi connectivity index (χ3n) is 3.05. The maximum atomic E-state index is 12.3. The molecule has 4 heteroatoms. The molecule has 0 amide bonds. The third-order valence-corrected chi connectivity index (χ3v) is 3.05. The minimum absolute atomic E-state index is 0.193. The number of fused-ring (bicyclic) bond motifs is 1. The third kappa shape index (κ3) is 1.69. The Morgan fingerprint density at radius 3 is 3.00 bits per heavy atom. The van der Waals surface area contributed by atoms with Crippen molar-refractivity contribution in [2.24, 2.45) is 5.92 Å². The lowest BCUT2D eigenvalue weighted by atomic mass is 10.0. The lowest BCUT2D eigenvalue weighted by Gasteiger charge is -2.37. The molecule has 0 bridgehead atoms. The molecule has 3 nitrogen and oxygen atoms in total. The van der Waals surface area contributed by atoms with Gasteiger partial charge < -0.3 is 4.40 Å². The molecule has 1 aliphatic rings. The van der Waals surface area contributed by atoms with E-state index in [1.54, 1.807) is 0 Å². The highest BCUT2D eigenvalue weighted by Crippen LogP contribution is 2.18. The van der Waals surface area contributed by atoms with Crippen LogP contribution in [-0.4, -0.2) is 34.0 Å². The summed E-state index contributed by atoms with van der Waals surface area (Å²) in [5.74, 6) is 0.247. The van der Waals surface area contributed by atoms with Crippen molar-refractivity contribution >= 4 is 5.65 Å². The van der Waals surface area contributed by atoms with Gasteiger partial charge in [0.25, 0.3) is 0 Å². The van der Waals surface area contributed by atoms with Crippen molar-refractivity contribution in [1.29, 1.82) is 0 Å². The molecule has 2 aromatic rings. The number of nitrogens with zero attached hydrogens (tertiary/aromatic N) is 3. The van der Waals surface area contributed by atoms with Crippen LogP contribution in [0.1, 0.15) is 5.69 Å². The van der Waals surface area contributed by atoms with Crippen LogP contribution in [0, 0.1) is 5.92 Å². The van der Waals surface area contributed by atoms with Crippen molar-refractivity contribution in [2.75, 3.05) is 19.8 Å².